The molecule has 0 aromatic carbocycles. The number of phosphoric acid groups is 1. The summed E-state index contributed by atoms with van der Waals surface area (Å²) < 4.78 is 23.8. The Bertz CT molecular complexity index is 1410. The van der Waals surface area contributed by atoms with Crippen LogP contribution in [0.5, 0.6) is 0 Å². The highest BCUT2D eigenvalue weighted by Gasteiger charge is 2.28. The van der Waals surface area contributed by atoms with Gasteiger partial charge in [0, 0.05) is 6.42 Å². The number of quaternary nitrogens is 1. The third-order valence-electron chi connectivity index (χ3n) is 15.5. The smallest absolute Gasteiger partial charge is 0.387 e. The topological polar surface area (TPSA) is 105 Å². The third-order valence-corrected chi connectivity index (χ3v) is 16.5. The number of nitrogens with zero attached hydrogens (tertiary/aromatic N) is 1. The summed E-state index contributed by atoms with van der Waals surface area (Å²) in [6.45, 7) is 4.85. The normalized spacial score (nSPS) is 14.0. The molecule has 0 radical (unpaired) electrons. The highest BCUT2D eigenvalue weighted by Crippen LogP contribution is 2.43. The monoisotopic (exact) mass is 1120 g/mol. The number of aliphatic hydroxyl groups is 1. The third kappa shape index (κ3) is 62.1. The Morgan fingerprint density at radius 1 is 0.436 bits per heavy atom. The molecule has 0 fully saturated rings. The number of amides is 1. The standard InChI is InChI=1S/C69H133N2O6P/c1-6-8-10-12-14-16-18-20-22-24-26-27-28-29-30-31-32-33-34-35-36-37-38-39-40-41-42-43-45-47-49-51-53-55-57-59-61-63-69(73)70-67(66-77-78(74,75)76-65-64-71(3,4)5)68(72)62-60-58-56-54-52-50-48-46-44-25-23-21-19-17-15-13-11-9-7-2/h18,20,24,26,28-29,60,62,67-68,72H,6-17,19,21-23,25,27,30-59,61,63-66H2,1-5H3,(H-,70,73,74,75)/p+1/b20-18-,26-24-,29-28-,62-60+. The van der Waals surface area contributed by atoms with Gasteiger partial charge in [-0.25, -0.2) is 4.57 Å². The molecule has 0 saturated carbocycles. The lowest BCUT2D eigenvalue weighted by Crippen LogP contribution is -2.45. The highest BCUT2D eigenvalue weighted by molar-refractivity contribution is 7.47. The van der Waals surface area contributed by atoms with Gasteiger partial charge in [-0.05, 0) is 57.8 Å². The lowest BCUT2D eigenvalue weighted by molar-refractivity contribution is -0.870. The average Bonchev–Trinajstić information content (AvgIpc) is 3.41. The molecule has 0 aromatic rings. The van der Waals surface area contributed by atoms with Gasteiger partial charge in [0.2, 0.25) is 5.91 Å². The van der Waals surface area contributed by atoms with Crippen LogP contribution in [-0.4, -0.2) is 73.4 Å². The number of hydrogen-bond acceptors (Lipinski definition) is 5. The van der Waals surface area contributed by atoms with Gasteiger partial charge in [0.25, 0.3) is 0 Å². The molecule has 8 nitrogen and oxygen atoms in total. The summed E-state index contributed by atoms with van der Waals surface area (Å²) in [5.41, 5.74) is 0. The van der Waals surface area contributed by atoms with E-state index in [4.69, 9.17) is 9.05 Å². The van der Waals surface area contributed by atoms with E-state index in [0.717, 1.165) is 51.4 Å². The number of rotatable bonds is 63. The zero-order valence-corrected chi connectivity index (χ0v) is 53.6. The van der Waals surface area contributed by atoms with E-state index in [1.807, 2.05) is 27.2 Å². The first-order valence-electron chi connectivity index (χ1n) is 34.0. The molecule has 1 amide bonds. The Balaban J connectivity index is 3.97. The van der Waals surface area contributed by atoms with Crippen molar-refractivity contribution in [2.24, 2.45) is 0 Å². The van der Waals surface area contributed by atoms with Gasteiger partial charge in [0.1, 0.15) is 13.2 Å². The summed E-state index contributed by atoms with van der Waals surface area (Å²) in [4.78, 5) is 23.4. The van der Waals surface area contributed by atoms with Crippen LogP contribution in [0.2, 0.25) is 0 Å². The molecule has 78 heavy (non-hydrogen) atoms. The second-order valence-electron chi connectivity index (χ2n) is 24.6. The van der Waals surface area contributed by atoms with E-state index in [-0.39, 0.29) is 19.1 Å². The summed E-state index contributed by atoms with van der Waals surface area (Å²) in [5, 5.41) is 14.0. The first-order chi connectivity index (χ1) is 38.0. The van der Waals surface area contributed by atoms with Crippen molar-refractivity contribution in [3.8, 4) is 0 Å². The van der Waals surface area contributed by atoms with E-state index < -0.39 is 20.0 Å². The SMILES string of the molecule is CCCCCCC/C=C\C/C=C\C/C=C\CCCCCCCCCCCCCCCCCCCCCCCCC(=O)NC(COP(=O)(O)OCC[N+](C)(C)C)C(O)/C=C/CCCCCCCCCCCCCCCCCCC. The number of hydrogen-bond donors (Lipinski definition) is 3. The Morgan fingerprint density at radius 3 is 1.06 bits per heavy atom. The first-order valence-corrected chi connectivity index (χ1v) is 35.5. The lowest BCUT2D eigenvalue weighted by atomic mass is 10.0. The number of carbonyl (C=O) groups excluding carboxylic acids is 1. The average molecular weight is 1120 g/mol. The van der Waals surface area contributed by atoms with E-state index in [0.29, 0.717) is 17.4 Å². The Hall–Kier alpha value is -1.54. The molecule has 460 valence electrons. The van der Waals surface area contributed by atoms with Crippen LogP contribution in [0.1, 0.15) is 335 Å². The zero-order chi connectivity index (χ0) is 57.0. The van der Waals surface area contributed by atoms with Gasteiger partial charge in [-0.1, -0.05) is 319 Å². The van der Waals surface area contributed by atoms with Crippen LogP contribution in [0.15, 0.2) is 48.6 Å². The maximum Gasteiger partial charge on any atom is 0.472 e. The van der Waals surface area contributed by atoms with E-state index in [9.17, 15) is 19.4 Å². The molecule has 0 rings (SSSR count). The van der Waals surface area contributed by atoms with E-state index in [2.05, 4.69) is 55.6 Å². The molecule has 0 aliphatic carbocycles. The van der Waals surface area contributed by atoms with Crippen molar-refractivity contribution in [2.75, 3.05) is 40.9 Å². The van der Waals surface area contributed by atoms with Crippen molar-refractivity contribution in [1.29, 1.82) is 0 Å². The maximum absolute atomic E-state index is 13.0. The number of nitrogens with one attached hydrogen (secondary N) is 1. The minimum atomic E-state index is -4.35. The quantitative estimate of drug-likeness (QED) is 0.0243. The fourth-order valence-corrected chi connectivity index (χ4v) is 11.0. The molecule has 0 heterocycles. The molecule has 3 atom stereocenters. The van der Waals surface area contributed by atoms with E-state index in [1.54, 1.807) is 6.08 Å². The summed E-state index contributed by atoms with van der Waals surface area (Å²) in [5.74, 6) is -0.171. The Morgan fingerprint density at radius 2 is 0.731 bits per heavy atom. The molecule has 0 saturated heterocycles. The molecule has 0 aliphatic rings. The predicted molar refractivity (Wildman–Crippen MR) is 341 cm³/mol. The second-order valence-corrected chi connectivity index (χ2v) is 26.0. The van der Waals surface area contributed by atoms with E-state index in [1.165, 1.54) is 263 Å². The minimum absolute atomic E-state index is 0.0631. The Labute approximate surface area is 486 Å². The van der Waals surface area contributed by atoms with Gasteiger partial charge >= 0.3 is 7.82 Å². The van der Waals surface area contributed by atoms with Crippen molar-refractivity contribution in [1.82, 2.24) is 5.32 Å². The largest absolute Gasteiger partial charge is 0.472 e. The molecule has 3 unspecified atom stereocenters. The van der Waals surface area contributed by atoms with Gasteiger partial charge in [-0.15, -0.1) is 0 Å². The molecular formula is C69H134N2O6P+. The summed E-state index contributed by atoms with van der Waals surface area (Å²) in [6.07, 6.45) is 81.1. The highest BCUT2D eigenvalue weighted by atomic mass is 31.2. The first kappa shape index (κ1) is 76.5. The van der Waals surface area contributed by atoms with Crippen molar-refractivity contribution in [3.05, 3.63) is 48.6 Å². The van der Waals surface area contributed by atoms with Gasteiger partial charge in [0.05, 0.1) is 39.9 Å². The van der Waals surface area contributed by atoms with Crippen molar-refractivity contribution in [3.63, 3.8) is 0 Å². The molecule has 9 heteroatoms. The van der Waals surface area contributed by atoms with Crippen molar-refractivity contribution < 1.29 is 32.9 Å². The van der Waals surface area contributed by atoms with Crippen LogP contribution in [-0.2, 0) is 18.4 Å². The summed E-state index contributed by atoms with van der Waals surface area (Å²) in [6, 6.07) is -0.846. The Kier molecular flexibility index (Phi) is 58.9. The predicted octanol–water partition coefficient (Wildman–Crippen LogP) is 21.4. The number of phosphoric ester groups is 1. The fourth-order valence-electron chi connectivity index (χ4n) is 10.2. The van der Waals surface area contributed by atoms with Gasteiger partial charge in [-0.2, -0.15) is 0 Å². The van der Waals surface area contributed by atoms with E-state index >= 15 is 0 Å². The second kappa shape index (κ2) is 60.1. The number of carbonyl (C=O) groups is 1. The molecule has 0 aliphatic heterocycles. The van der Waals surface area contributed by atoms with Crippen molar-refractivity contribution >= 4 is 13.7 Å². The number of likely N-dealkylation sites (N-methyl/N-ethyl adjacent to an activating group) is 1. The molecule has 0 spiro atoms. The lowest BCUT2D eigenvalue weighted by Gasteiger charge is -2.25. The molecular weight excluding hydrogens is 984 g/mol. The minimum Gasteiger partial charge on any atom is -0.387 e. The number of aliphatic hydroxyl groups excluding tert-OH is 1. The number of unbranched alkanes of at least 4 members (excludes halogenated alkanes) is 44. The summed E-state index contributed by atoms with van der Waals surface area (Å²) in [7, 11) is 1.59. The van der Waals surface area contributed by atoms with Gasteiger partial charge in [-0.3, -0.25) is 13.8 Å². The van der Waals surface area contributed by atoms with Crippen LogP contribution < -0.4 is 5.32 Å². The molecule has 0 aromatic heterocycles. The number of allylic oxidation sites excluding steroid dienone is 7. The van der Waals surface area contributed by atoms with Crippen molar-refractivity contribution in [2.45, 2.75) is 347 Å². The summed E-state index contributed by atoms with van der Waals surface area (Å²) >= 11 is 0. The van der Waals surface area contributed by atoms with Crippen LogP contribution >= 0.6 is 7.82 Å². The van der Waals surface area contributed by atoms with Gasteiger partial charge in [0.15, 0.2) is 0 Å². The fraction of sp³-hybridized carbons (Fsp3) is 0.870. The maximum atomic E-state index is 13.0. The molecule has 3 N–H and O–H groups in total. The molecule has 0 bridgehead atoms. The zero-order valence-electron chi connectivity index (χ0n) is 52.7. The van der Waals surface area contributed by atoms with Gasteiger partial charge < -0.3 is 19.8 Å². The van der Waals surface area contributed by atoms with Crippen LogP contribution in [0.4, 0.5) is 0 Å². The van der Waals surface area contributed by atoms with Crippen LogP contribution in [0.25, 0.3) is 0 Å². The van der Waals surface area contributed by atoms with Crippen LogP contribution in [0, 0.1) is 0 Å². The van der Waals surface area contributed by atoms with Crippen LogP contribution in [0.3, 0.4) is 0 Å².